The van der Waals surface area contributed by atoms with Crippen LogP contribution in [0.3, 0.4) is 0 Å². The van der Waals surface area contributed by atoms with Gasteiger partial charge in [0.15, 0.2) is 0 Å². The number of rotatable bonds is 2. The van der Waals surface area contributed by atoms with E-state index in [9.17, 15) is 0 Å². The van der Waals surface area contributed by atoms with Gasteiger partial charge in [-0.05, 0) is 13.8 Å². The fraction of sp³-hybridized carbons (Fsp3) is 0.800. The van der Waals surface area contributed by atoms with Crippen molar-refractivity contribution in [2.75, 3.05) is 13.2 Å². The molecule has 0 aliphatic carbocycles. The van der Waals surface area contributed by atoms with E-state index in [2.05, 4.69) is 11.5 Å². The van der Waals surface area contributed by atoms with Crippen LogP contribution in [0.25, 0.3) is 0 Å². The van der Waals surface area contributed by atoms with E-state index in [4.69, 9.17) is 9.53 Å². The molecule has 56 valence electrons. The second-order valence-corrected chi connectivity index (χ2v) is 1.18. The number of carbonyl (C=O) groups excluding carboxylic acids is 1. The van der Waals surface area contributed by atoms with Gasteiger partial charge >= 0.3 is 6.03 Å². The number of ether oxygens (including phenoxy) is 1. The molecule has 0 saturated heterocycles. The van der Waals surface area contributed by atoms with E-state index in [1.807, 2.05) is 13.8 Å². The van der Waals surface area contributed by atoms with Crippen molar-refractivity contribution in [3.8, 4) is 0 Å². The molecule has 0 heterocycles. The van der Waals surface area contributed by atoms with Gasteiger partial charge in [-0.15, -0.1) is 0 Å². The number of carbonyl (C=O) groups is 1. The van der Waals surface area contributed by atoms with Crippen molar-refractivity contribution in [2.24, 2.45) is 11.5 Å². The van der Waals surface area contributed by atoms with Gasteiger partial charge in [-0.25, -0.2) is 4.79 Å². The van der Waals surface area contributed by atoms with E-state index in [1.165, 1.54) is 0 Å². The Labute approximate surface area is 55.2 Å². The van der Waals surface area contributed by atoms with Crippen LogP contribution in [0.1, 0.15) is 13.8 Å². The summed E-state index contributed by atoms with van der Waals surface area (Å²) in [7, 11) is 0. The van der Waals surface area contributed by atoms with Gasteiger partial charge in [-0.3, -0.25) is 0 Å². The number of amides is 2. The average Bonchev–Trinajstić information content (AvgIpc) is 1.66. The lowest BCUT2D eigenvalue weighted by Gasteiger charge is -1.86. The van der Waals surface area contributed by atoms with Crippen molar-refractivity contribution in [3.63, 3.8) is 0 Å². The molecule has 4 nitrogen and oxygen atoms in total. The first kappa shape index (κ1) is 11.1. The van der Waals surface area contributed by atoms with Gasteiger partial charge in [0.05, 0.1) is 0 Å². The SMILES string of the molecule is CCOCC.NC(N)=O. The smallest absolute Gasteiger partial charge is 0.309 e. The van der Waals surface area contributed by atoms with Crippen LogP contribution in [0.2, 0.25) is 0 Å². The minimum Gasteiger partial charge on any atom is -0.382 e. The molecule has 0 rings (SSSR count). The van der Waals surface area contributed by atoms with E-state index >= 15 is 0 Å². The van der Waals surface area contributed by atoms with Crippen LogP contribution in [0.4, 0.5) is 4.79 Å². The van der Waals surface area contributed by atoms with Crippen molar-refractivity contribution in [3.05, 3.63) is 0 Å². The highest BCUT2D eigenvalue weighted by Crippen LogP contribution is 1.64. The molecule has 0 unspecified atom stereocenters. The second kappa shape index (κ2) is 10.3. The van der Waals surface area contributed by atoms with Crippen LogP contribution in [0.5, 0.6) is 0 Å². The lowest BCUT2D eigenvalue weighted by atomic mass is 10.8. The Kier molecular flexibility index (Phi) is 12.6. The van der Waals surface area contributed by atoms with Crippen LogP contribution in [-0.4, -0.2) is 19.2 Å². The summed E-state index contributed by atoms with van der Waals surface area (Å²) in [4.78, 5) is 9.00. The quantitative estimate of drug-likeness (QED) is 0.560. The zero-order valence-electron chi connectivity index (χ0n) is 5.89. The van der Waals surface area contributed by atoms with Crippen LogP contribution < -0.4 is 11.5 Å². The van der Waals surface area contributed by atoms with E-state index in [0.29, 0.717) is 0 Å². The first-order chi connectivity index (χ1) is 4.15. The minimum absolute atomic E-state index is 0.833. The van der Waals surface area contributed by atoms with Crippen LogP contribution in [-0.2, 0) is 4.74 Å². The maximum atomic E-state index is 9.00. The van der Waals surface area contributed by atoms with E-state index in [0.717, 1.165) is 13.2 Å². The number of nitrogens with two attached hydrogens (primary N) is 2. The summed E-state index contributed by atoms with van der Waals surface area (Å²) in [5.41, 5.74) is 8.50. The Bertz CT molecular complexity index is 60.0. The zero-order valence-corrected chi connectivity index (χ0v) is 5.89. The average molecular weight is 134 g/mol. The van der Waals surface area contributed by atoms with Crippen molar-refractivity contribution in [2.45, 2.75) is 13.8 Å². The Balaban J connectivity index is 0. The lowest BCUT2D eigenvalue weighted by Crippen LogP contribution is -2.18. The molecular weight excluding hydrogens is 120 g/mol. The molecule has 0 aliphatic heterocycles. The Morgan fingerprint density at radius 1 is 1.33 bits per heavy atom. The molecular formula is C5H14N2O2. The molecule has 2 amide bonds. The monoisotopic (exact) mass is 134 g/mol. The molecule has 0 spiro atoms. The Morgan fingerprint density at radius 3 is 1.56 bits per heavy atom. The number of urea groups is 1. The number of hydrogen-bond donors (Lipinski definition) is 2. The fourth-order valence-corrected chi connectivity index (χ4v) is 0.204. The first-order valence-corrected chi connectivity index (χ1v) is 2.77. The van der Waals surface area contributed by atoms with E-state index < -0.39 is 6.03 Å². The zero-order chi connectivity index (χ0) is 7.70. The molecule has 4 heteroatoms. The van der Waals surface area contributed by atoms with Crippen LogP contribution >= 0.6 is 0 Å². The van der Waals surface area contributed by atoms with Gasteiger partial charge < -0.3 is 16.2 Å². The largest absolute Gasteiger partial charge is 0.382 e. The molecule has 0 radical (unpaired) electrons. The third-order valence-corrected chi connectivity index (χ3v) is 0.408. The molecule has 9 heavy (non-hydrogen) atoms. The van der Waals surface area contributed by atoms with Crippen molar-refractivity contribution in [1.82, 2.24) is 0 Å². The summed E-state index contributed by atoms with van der Waals surface area (Å²) in [6, 6.07) is -0.833. The minimum atomic E-state index is -0.833. The van der Waals surface area contributed by atoms with Crippen molar-refractivity contribution in [1.29, 1.82) is 0 Å². The van der Waals surface area contributed by atoms with Gasteiger partial charge in [0, 0.05) is 13.2 Å². The molecule has 0 fully saturated rings. The lowest BCUT2D eigenvalue weighted by molar-refractivity contribution is 0.162. The normalized spacial score (nSPS) is 7.33. The van der Waals surface area contributed by atoms with E-state index in [-0.39, 0.29) is 0 Å². The molecule has 0 aromatic rings. The first-order valence-electron chi connectivity index (χ1n) is 2.77. The fourth-order valence-electron chi connectivity index (χ4n) is 0.204. The summed E-state index contributed by atoms with van der Waals surface area (Å²) in [6.45, 7) is 5.67. The third kappa shape index (κ3) is 131. The predicted octanol–water partition coefficient (Wildman–Crippen LogP) is 0.0666. The molecule has 4 N–H and O–H groups in total. The summed E-state index contributed by atoms with van der Waals surface area (Å²) >= 11 is 0. The Hall–Kier alpha value is -0.770. The summed E-state index contributed by atoms with van der Waals surface area (Å²) < 4.78 is 4.83. The molecule has 0 atom stereocenters. The Morgan fingerprint density at radius 2 is 1.56 bits per heavy atom. The predicted molar refractivity (Wildman–Crippen MR) is 35.9 cm³/mol. The van der Waals surface area contributed by atoms with Gasteiger partial charge in [-0.1, -0.05) is 0 Å². The van der Waals surface area contributed by atoms with Crippen LogP contribution in [0.15, 0.2) is 0 Å². The van der Waals surface area contributed by atoms with Crippen molar-refractivity contribution >= 4 is 6.03 Å². The third-order valence-electron chi connectivity index (χ3n) is 0.408. The highest BCUT2D eigenvalue weighted by molar-refractivity contribution is 5.69. The summed E-state index contributed by atoms with van der Waals surface area (Å²) in [5.74, 6) is 0. The second-order valence-electron chi connectivity index (χ2n) is 1.18. The molecule has 0 aliphatic rings. The topological polar surface area (TPSA) is 78.3 Å². The van der Waals surface area contributed by atoms with Gasteiger partial charge in [-0.2, -0.15) is 0 Å². The molecule has 0 aromatic heterocycles. The number of hydrogen-bond acceptors (Lipinski definition) is 2. The molecule has 0 saturated carbocycles. The van der Waals surface area contributed by atoms with E-state index in [1.54, 1.807) is 0 Å². The molecule has 0 bridgehead atoms. The summed E-state index contributed by atoms with van der Waals surface area (Å²) in [6.07, 6.45) is 0. The maximum Gasteiger partial charge on any atom is 0.309 e. The molecule has 0 aromatic carbocycles. The van der Waals surface area contributed by atoms with Crippen molar-refractivity contribution < 1.29 is 9.53 Å². The summed E-state index contributed by atoms with van der Waals surface area (Å²) in [5, 5.41) is 0. The number of primary amides is 2. The highest BCUT2D eigenvalue weighted by atomic mass is 16.5. The van der Waals surface area contributed by atoms with Gasteiger partial charge in [0.1, 0.15) is 0 Å². The standard InChI is InChI=1S/C4H10O.CH4N2O/c1-3-5-4-2;2-1(3)4/h3-4H2,1-2H3;(H4,2,3,4). The highest BCUT2D eigenvalue weighted by Gasteiger charge is 1.64. The maximum absolute atomic E-state index is 9.00. The van der Waals surface area contributed by atoms with Gasteiger partial charge in [0.25, 0.3) is 0 Å². The van der Waals surface area contributed by atoms with Gasteiger partial charge in [0.2, 0.25) is 0 Å². The van der Waals surface area contributed by atoms with Crippen LogP contribution in [0, 0.1) is 0 Å².